The zero-order chi connectivity index (χ0) is 19.2. The van der Waals surface area contributed by atoms with Crippen LogP contribution in [0, 0.1) is 6.92 Å². The fourth-order valence-electron chi connectivity index (χ4n) is 2.23. The summed E-state index contributed by atoms with van der Waals surface area (Å²) >= 11 is 3.19. The molecule has 2 amide bonds. The van der Waals surface area contributed by atoms with Gasteiger partial charge in [0.15, 0.2) is 4.67 Å². The number of nitrogens with one attached hydrogen (secondary N) is 2. The van der Waals surface area contributed by atoms with Crippen LogP contribution in [-0.4, -0.2) is 18.0 Å². The number of hydrogen-bond donors (Lipinski definition) is 2. The molecule has 2 N–H and O–H groups in total. The highest BCUT2D eigenvalue weighted by Crippen LogP contribution is 2.13. The molecular formula is C20H16BrN3O3. The van der Waals surface area contributed by atoms with Crippen LogP contribution >= 0.6 is 15.9 Å². The van der Waals surface area contributed by atoms with E-state index in [0.29, 0.717) is 27.2 Å². The number of benzene rings is 2. The Balaban J connectivity index is 1.57. The van der Waals surface area contributed by atoms with Crippen molar-refractivity contribution < 1.29 is 14.0 Å². The molecule has 1 aromatic heterocycles. The molecule has 0 bridgehead atoms. The quantitative estimate of drug-likeness (QED) is 0.470. The van der Waals surface area contributed by atoms with E-state index in [1.54, 1.807) is 48.5 Å². The molecule has 1 heterocycles. The van der Waals surface area contributed by atoms with Gasteiger partial charge in [-0.15, -0.1) is 0 Å². The van der Waals surface area contributed by atoms with E-state index in [1.807, 2.05) is 19.1 Å². The molecule has 7 heteroatoms. The first kappa shape index (κ1) is 18.6. The number of carbonyl (C=O) groups excluding carboxylic acids is 2. The standard InChI is InChI=1S/C20H16BrN3O3/c1-13-2-4-14(5-3-13)19(25)23-16-8-6-15(7-9-16)20(26)24-22-12-17-10-11-18(21)27-17/h2-12H,1H3,(H,23,25)(H,24,26)/b22-12-. The lowest BCUT2D eigenvalue weighted by atomic mass is 10.1. The summed E-state index contributed by atoms with van der Waals surface area (Å²) in [6.07, 6.45) is 1.40. The van der Waals surface area contributed by atoms with Crippen molar-refractivity contribution >= 4 is 39.6 Å². The van der Waals surface area contributed by atoms with Gasteiger partial charge in [0, 0.05) is 16.8 Å². The van der Waals surface area contributed by atoms with Crippen molar-refractivity contribution in [1.29, 1.82) is 0 Å². The minimum Gasteiger partial charge on any atom is -0.448 e. The summed E-state index contributed by atoms with van der Waals surface area (Å²) in [5.74, 6) is -0.0639. The Morgan fingerprint density at radius 1 is 0.926 bits per heavy atom. The Labute approximate surface area is 164 Å². The van der Waals surface area contributed by atoms with Gasteiger partial charge in [-0.05, 0) is 71.4 Å². The van der Waals surface area contributed by atoms with Gasteiger partial charge in [0.05, 0.1) is 6.21 Å². The minimum absolute atomic E-state index is 0.207. The molecule has 0 saturated heterocycles. The van der Waals surface area contributed by atoms with E-state index in [9.17, 15) is 9.59 Å². The number of hydrazone groups is 1. The van der Waals surface area contributed by atoms with Crippen LogP contribution in [0.2, 0.25) is 0 Å². The maximum atomic E-state index is 12.2. The molecule has 6 nitrogen and oxygen atoms in total. The van der Waals surface area contributed by atoms with Crippen LogP contribution in [0.15, 0.2) is 74.9 Å². The van der Waals surface area contributed by atoms with E-state index in [-0.39, 0.29) is 11.8 Å². The molecule has 0 atom stereocenters. The van der Waals surface area contributed by atoms with Crippen LogP contribution < -0.4 is 10.7 Å². The van der Waals surface area contributed by atoms with E-state index in [4.69, 9.17) is 4.42 Å². The van der Waals surface area contributed by atoms with Crippen LogP contribution in [0.5, 0.6) is 0 Å². The van der Waals surface area contributed by atoms with Crippen molar-refractivity contribution in [2.75, 3.05) is 5.32 Å². The first-order valence-electron chi connectivity index (χ1n) is 8.08. The van der Waals surface area contributed by atoms with E-state index in [1.165, 1.54) is 6.21 Å². The molecule has 0 spiro atoms. The number of aryl methyl sites for hydroxylation is 1. The van der Waals surface area contributed by atoms with Crippen LogP contribution in [0.4, 0.5) is 5.69 Å². The van der Waals surface area contributed by atoms with Gasteiger partial charge in [0.2, 0.25) is 0 Å². The number of furan rings is 1. The topological polar surface area (TPSA) is 83.7 Å². The summed E-state index contributed by atoms with van der Waals surface area (Å²) in [7, 11) is 0. The molecule has 0 fully saturated rings. The van der Waals surface area contributed by atoms with Crippen molar-refractivity contribution in [3.63, 3.8) is 0 Å². The summed E-state index contributed by atoms with van der Waals surface area (Å²) in [5.41, 5.74) is 5.09. The van der Waals surface area contributed by atoms with Gasteiger partial charge in [-0.25, -0.2) is 5.43 Å². The summed E-state index contributed by atoms with van der Waals surface area (Å²) in [6, 6.07) is 17.3. The van der Waals surface area contributed by atoms with Gasteiger partial charge in [0.25, 0.3) is 11.8 Å². The summed E-state index contributed by atoms with van der Waals surface area (Å²) in [5, 5.41) is 6.63. The molecule has 0 aliphatic heterocycles. The molecule has 0 aliphatic rings. The fourth-order valence-corrected chi connectivity index (χ4v) is 2.55. The lowest BCUT2D eigenvalue weighted by Gasteiger charge is -2.06. The van der Waals surface area contributed by atoms with Crippen LogP contribution in [0.25, 0.3) is 0 Å². The van der Waals surface area contributed by atoms with Gasteiger partial charge >= 0.3 is 0 Å². The maximum Gasteiger partial charge on any atom is 0.271 e. The lowest BCUT2D eigenvalue weighted by molar-refractivity contribution is 0.0954. The lowest BCUT2D eigenvalue weighted by Crippen LogP contribution is -2.17. The molecule has 27 heavy (non-hydrogen) atoms. The van der Waals surface area contributed by atoms with Gasteiger partial charge in [0.1, 0.15) is 5.76 Å². The minimum atomic E-state index is -0.367. The van der Waals surface area contributed by atoms with Crippen molar-refractivity contribution in [3.8, 4) is 0 Å². The third-order valence-electron chi connectivity index (χ3n) is 3.67. The van der Waals surface area contributed by atoms with E-state index < -0.39 is 0 Å². The highest BCUT2D eigenvalue weighted by Gasteiger charge is 2.08. The Bertz CT molecular complexity index is 976. The van der Waals surface area contributed by atoms with Crippen LogP contribution in [0.1, 0.15) is 32.0 Å². The van der Waals surface area contributed by atoms with E-state index in [0.717, 1.165) is 5.56 Å². The van der Waals surface area contributed by atoms with Crippen molar-refractivity contribution in [1.82, 2.24) is 5.43 Å². The summed E-state index contributed by atoms with van der Waals surface area (Å²) < 4.78 is 5.82. The smallest absolute Gasteiger partial charge is 0.271 e. The number of rotatable bonds is 5. The normalized spacial score (nSPS) is 10.7. The second-order valence-corrected chi connectivity index (χ2v) is 6.52. The van der Waals surface area contributed by atoms with Crippen LogP contribution in [-0.2, 0) is 0 Å². The predicted octanol–water partition coefficient (Wildman–Crippen LogP) is 4.37. The number of carbonyl (C=O) groups is 2. The molecule has 0 unspecified atom stereocenters. The third-order valence-corrected chi connectivity index (χ3v) is 4.10. The largest absolute Gasteiger partial charge is 0.448 e. The molecule has 0 saturated carbocycles. The van der Waals surface area contributed by atoms with E-state index >= 15 is 0 Å². The monoisotopic (exact) mass is 425 g/mol. The molecule has 3 rings (SSSR count). The van der Waals surface area contributed by atoms with Crippen molar-refractivity contribution in [3.05, 3.63) is 87.8 Å². The Kier molecular flexibility index (Phi) is 5.83. The van der Waals surface area contributed by atoms with E-state index in [2.05, 4.69) is 31.8 Å². The number of anilines is 1. The zero-order valence-electron chi connectivity index (χ0n) is 14.4. The van der Waals surface area contributed by atoms with Gasteiger partial charge in [-0.3, -0.25) is 9.59 Å². The van der Waals surface area contributed by atoms with Crippen molar-refractivity contribution in [2.45, 2.75) is 6.92 Å². The van der Waals surface area contributed by atoms with Gasteiger partial charge < -0.3 is 9.73 Å². The number of hydrogen-bond acceptors (Lipinski definition) is 4. The SMILES string of the molecule is Cc1ccc(C(=O)Nc2ccc(C(=O)N/N=C\c3ccc(Br)o3)cc2)cc1. The highest BCUT2D eigenvalue weighted by molar-refractivity contribution is 9.10. The number of amides is 2. The zero-order valence-corrected chi connectivity index (χ0v) is 16.0. The van der Waals surface area contributed by atoms with Crippen molar-refractivity contribution in [2.24, 2.45) is 5.10 Å². The number of nitrogens with zero attached hydrogens (tertiary/aromatic N) is 1. The first-order chi connectivity index (χ1) is 13.0. The van der Waals surface area contributed by atoms with Gasteiger partial charge in [-0.1, -0.05) is 17.7 Å². The Morgan fingerprint density at radius 2 is 1.56 bits per heavy atom. The van der Waals surface area contributed by atoms with Crippen LogP contribution in [0.3, 0.4) is 0 Å². The second-order valence-electron chi connectivity index (χ2n) is 5.74. The molecule has 0 aliphatic carbocycles. The average Bonchev–Trinajstić information content (AvgIpc) is 3.08. The predicted molar refractivity (Wildman–Crippen MR) is 107 cm³/mol. The summed E-state index contributed by atoms with van der Waals surface area (Å²) in [6.45, 7) is 1.96. The molecule has 2 aromatic carbocycles. The Hall–Kier alpha value is -3.19. The third kappa shape index (κ3) is 5.15. The number of halogens is 1. The second kappa shape index (κ2) is 8.46. The summed E-state index contributed by atoms with van der Waals surface area (Å²) in [4.78, 5) is 24.3. The molecule has 136 valence electrons. The first-order valence-corrected chi connectivity index (χ1v) is 8.87. The average molecular weight is 426 g/mol. The molecule has 0 radical (unpaired) electrons. The Morgan fingerprint density at radius 3 is 2.19 bits per heavy atom. The molecular weight excluding hydrogens is 410 g/mol. The fraction of sp³-hybridized carbons (Fsp3) is 0.0500. The maximum absolute atomic E-state index is 12.2. The molecule has 3 aromatic rings. The highest BCUT2D eigenvalue weighted by atomic mass is 79.9. The van der Waals surface area contributed by atoms with Gasteiger partial charge in [-0.2, -0.15) is 5.10 Å².